The van der Waals surface area contributed by atoms with Crippen LogP contribution in [0.15, 0.2) is 127 Å². The molecule has 6 aromatic rings. The lowest BCUT2D eigenvalue weighted by Gasteiger charge is -2.21. The van der Waals surface area contributed by atoms with E-state index < -0.39 is 0 Å². The van der Waals surface area contributed by atoms with E-state index in [-0.39, 0.29) is 6.71 Å². The van der Waals surface area contributed by atoms with E-state index in [1.165, 1.54) is 48.7 Å². The second kappa shape index (κ2) is 7.45. The van der Waals surface area contributed by atoms with Crippen LogP contribution in [-0.4, -0.2) is 6.71 Å². The largest absolute Gasteiger partial charge is 0.243 e. The summed E-state index contributed by atoms with van der Waals surface area (Å²) in [6.07, 6.45) is 0. The Morgan fingerprint density at radius 3 is 0.935 bits per heavy atom. The van der Waals surface area contributed by atoms with Gasteiger partial charge in [0.15, 0.2) is 0 Å². The van der Waals surface area contributed by atoms with E-state index in [4.69, 9.17) is 0 Å². The van der Waals surface area contributed by atoms with Crippen molar-refractivity contribution in [2.24, 2.45) is 0 Å². The van der Waals surface area contributed by atoms with Crippen molar-refractivity contribution in [2.75, 3.05) is 0 Å². The first-order valence-corrected chi connectivity index (χ1v) is 10.8. The van der Waals surface area contributed by atoms with Crippen LogP contribution in [0.3, 0.4) is 0 Å². The Kier molecular flexibility index (Phi) is 4.32. The van der Waals surface area contributed by atoms with Crippen molar-refractivity contribution in [2.45, 2.75) is 0 Å². The highest BCUT2D eigenvalue weighted by Crippen LogP contribution is 2.18. The molecule has 0 N–H and O–H groups in total. The molecule has 31 heavy (non-hydrogen) atoms. The second-order valence-electron chi connectivity index (χ2n) is 8.14. The average molecular weight is 392 g/mol. The molecular formula is C30H21B. The Morgan fingerprint density at radius 2 is 0.581 bits per heavy atom. The molecule has 0 aliphatic carbocycles. The van der Waals surface area contributed by atoms with Crippen LogP contribution in [0.2, 0.25) is 0 Å². The van der Waals surface area contributed by atoms with Gasteiger partial charge in [-0.1, -0.05) is 144 Å². The summed E-state index contributed by atoms with van der Waals surface area (Å²) in [6.45, 7) is 0.142. The second-order valence-corrected chi connectivity index (χ2v) is 8.14. The Morgan fingerprint density at radius 1 is 0.290 bits per heavy atom. The van der Waals surface area contributed by atoms with Gasteiger partial charge >= 0.3 is 0 Å². The van der Waals surface area contributed by atoms with Crippen molar-refractivity contribution in [1.82, 2.24) is 0 Å². The molecule has 6 rings (SSSR count). The van der Waals surface area contributed by atoms with Crippen molar-refractivity contribution in [1.29, 1.82) is 0 Å². The van der Waals surface area contributed by atoms with Crippen LogP contribution in [0.1, 0.15) is 0 Å². The molecule has 0 aromatic heterocycles. The van der Waals surface area contributed by atoms with Crippen molar-refractivity contribution >= 4 is 55.4 Å². The molecule has 0 fully saturated rings. The van der Waals surface area contributed by atoms with Gasteiger partial charge in [-0.2, -0.15) is 0 Å². The van der Waals surface area contributed by atoms with Gasteiger partial charge in [0.1, 0.15) is 0 Å². The van der Waals surface area contributed by atoms with Gasteiger partial charge in [-0.05, 0) is 32.3 Å². The zero-order valence-electron chi connectivity index (χ0n) is 17.2. The van der Waals surface area contributed by atoms with Crippen LogP contribution in [0.25, 0.3) is 32.3 Å². The number of rotatable bonds is 3. The highest BCUT2D eigenvalue weighted by molar-refractivity contribution is 6.99. The molecule has 0 amide bonds. The zero-order valence-corrected chi connectivity index (χ0v) is 17.2. The van der Waals surface area contributed by atoms with Crippen LogP contribution >= 0.6 is 0 Å². The molecule has 0 aliphatic heterocycles. The SMILES string of the molecule is c1ccc2c(B(c3cccc4ccccc34)c3cccc4ccccc34)cccc2c1. The van der Waals surface area contributed by atoms with Gasteiger partial charge in [-0.25, -0.2) is 0 Å². The summed E-state index contributed by atoms with van der Waals surface area (Å²) in [5.74, 6) is 0. The quantitative estimate of drug-likeness (QED) is 0.341. The normalized spacial score (nSPS) is 11.2. The topological polar surface area (TPSA) is 0 Å². The smallest absolute Gasteiger partial charge is 0.0663 e. The van der Waals surface area contributed by atoms with Gasteiger partial charge in [0.25, 0.3) is 0 Å². The molecule has 0 aliphatic rings. The highest BCUT2D eigenvalue weighted by Gasteiger charge is 2.26. The van der Waals surface area contributed by atoms with Crippen LogP contribution in [-0.2, 0) is 0 Å². The lowest BCUT2D eigenvalue weighted by atomic mass is 9.35. The number of hydrogen-bond donors (Lipinski definition) is 0. The lowest BCUT2D eigenvalue weighted by molar-refractivity contribution is 1.75. The molecular weight excluding hydrogens is 371 g/mol. The van der Waals surface area contributed by atoms with Crippen LogP contribution < -0.4 is 16.4 Å². The Hall–Kier alpha value is -3.84. The monoisotopic (exact) mass is 392 g/mol. The summed E-state index contributed by atoms with van der Waals surface area (Å²) in [5, 5.41) is 7.80. The third kappa shape index (κ3) is 3.02. The fraction of sp³-hybridized carbons (Fsp3) is 0. The molecule has 6 aromatic carbocycles. The van der Waals surface area contributed by atoms with Gasteiger partial charge in [0.2, 0.25) is 6.71 Å². The number of benzene rings is 6. The number of hydrogen-bond acceptors (Lipinski definition) is 0. The van der Waals surface area contributed by atoms with Crippen LogP contribution in [0.4, 0.5) is 0 Å². The first-order valence-electron chi connectivity index (χ1n) is 10.8. The first-order chi connectivity index (χ1) is 15.4. The minimum atomic E-state index is 0.142. The molecule has 0 heterocycles. The van der Waals surface area contributed by atoms with Gasteiger partial charge in [0, 0.05) is 0 Å². The van der Waals surface area contributed by atoms with Crippen molar-refractivity contribution in [3.8, 4) is 0 Å². The van der Waals surface area contributed by atoms with Gasteiger partial charge in [-0.3, -0.25) is 0 Å². The molecule has 0 bridgehead atoms. The summed E-state index contributed by atoms with van der Waals surface area (Å²) in [7, 11) is 0. The van der Waals surface area contributed by atoms with Gasteiger partial charge in [0.05, 0.1) is 0 Å². The molecule has 1 heteroatoms. The van der Waals surface area contributed by atoms with E-state index >= 15 is 0 Å². The fourth-order valence-electron chi connectivity index (χ4n) is 5.01. The lowest BCUT2D eigenvalue weighted by Crippen LogP contribution is -2.52. The molecule has 0 spiro atoms. The highest BCUT2D eigenvalue weighted by atomic mass is 14.1. The average Bonchev–Trinajstić information content (AvgIpc) is 2.85. The van der Waals surface area contributed by atoms with E-state index in [1.54, 1.807) is 0 Å². The molecule has 0 saturated carbocycles. The molecule has 0 saturated heterocycles. The summed E-state index contributed by atoms with van der Waals surface area (Å²) < 4.78 is 0. The van der Waals surface area contributed by atoms with Crippen molar-refractivity contribution in [3.63, 3.8) is 0 Å². The van der Waals surface area contributed by atoms with Crippen molar-refractivity contribution < 1.29 is 0 Å². The maximum Gasteiger partial charge on any atom is 0.243 e. The van der Waals surface area contributed by atoms with Gasteiger partial charge < -0.3 is 0 Å². The minimum absolute atomic E-state index is 0.142. The Balaban J connectivity index is 1.75. The molecule has 0 radical (unpaired) electrons. The van der Waals surface area contributed by atoms with E-state index in [2.05, 4.69) is 127 Å². The third-order valence-electron chi connectivity index (χ3n) is 6.40. The van der Waals surface area contributed by atoms with Crippen LogP contribution in [0.5, 0.6) is 0 Å². The molecule has 0 atom stereocenters. The standard InChI is InChI=1S/C30H21B/c1-4-16-25-22(10-1)13-7-19-28(25)31(29-20-8-14-23-11-2-5-17-26(23)29)30-21-9-15-24-12-3-6-18-27(24)30/h1-21H. The predicted molar refractivity (Wildman–Crippen MR) is 136 cm³/mol. The summed E-state index contributed by atoms with van der Waals surface area (Å²) in [4.78, 5) is 0. The van der Waals surface area contributed by atoms with Crippen LogP contribution in [0, 0.1) is 0 Å². The van der Waals surface area contributed by atoms with Crippen molar-refractivity contribution in [3.05, 3.63) is 127 Å². The predicted octanol–water partition coefficient (Wildman–Crippen LogP) is 5.66. The molecule has 144 valence electrons. The zero-order chi connectivity index (χ0) is 20.6. The third-order valence-corrected chi connectivity index (χ3v) is 6.40. The maximum atomic E-state index is 2.30. The minimum Gasteiger partial charge on any atom is -0.0663 e. The van der Waals surface area contributed by atoms with E-state index in [1.807, 2.05) is 0 Å². The van der Waals surface area contributed by atoms with E-state index in [9.17, 15) is 0 Å². The van der Waals surface area contributed by atoms with Gasteiger partial charge in [-0.15, -0.1) is 0 Å². The maximum absolute atomic E-state index is 2.30. The fourth-order valence-corrected chi connectivity index (χ4v) is 5.01. The summed E-state index contributed by atoms with van der Waals surface area (Å²) in [6, 6.07) is 46.3. The van der Waals surface area contributed by atoms with E-state index in [0.29, 0.717) is 0 Å². The van der Waals surface area contributed by atoms with E-state index in [0.717, 1.165) is 0 Å². The summed E-state index contributed by atoms with van der Waals surface area (Å²) in [5.41, 5.74) is 4.06. The Bertz CT molecular complexity index is 1340. The first kappa shape index (κ1) is 18.0. The number of fused-ring (bicyclic) bond motifs is 3. The molecule has 0 unspecified atom stereocenters. The Labute approximate surface area is 182 Å². The molecule has 0 nitrogen and oxygen atoms in total. The summed E-state index contributed by atoms with van der Waals surface area (Å²) >= 11 is 0.